The largest absolute Gasteiger partial charge is 0.396 e. The summed E-state index contributed by atoms with van der Waals surface area (Å²) in [4.78, 5) is 0. The van der Waals surface area contributed by atoms with E-state index in [1.807, 2.05) is 0 Å². The van der Waals surface area contributed by atoms with Crippen molar-refractivity contribution in [1.29, 1.82) is 0 Å². The normalized spacial score (nSPS) is 13.9. The van der Waals surface area contributed by atoms with Crippen LogP contribution in [0, 0.1) is 5.92 Å². The van der Waals surface area contributed by atoms with Crippen LogP contribution in [0.4, 0.5) is 0 Å². The molecule has 0 unspecified atom stereocenters. The summed E-state index contributed by atoms with van der Waals surface area (Å²) in [5.74, 6) is 0.780. The Labute approximate surface area is 64.6 Å². The zero-order chi connectivity index (χ0) is 6.41. The molecule has 0 fully saturated rings. The van der Waals surface area contributed by atoms with Gasteiger partial charge < -0.3 is 5.11 Å². The molecule has 1 atom stereocenters. The van der Waals surface area contributed by atoms with Gasteiger partial charge in [-0.25, -0.2) is 0 Å². The van der Waals surface area contributed by atoms with Crippen LogP contribution in [0.2, 0.25) is 0 Å². The Morgan fingerprint density at radius 2 is 2.25 bits per heavy atom. The standard InChI is InChI=1S/C6H13IO/c1-6(5-7)3-2-4-8/h6,8H,2-5H2,1H3/t6-/m1/s1. The molecular formula is C6H13IO. The van der Waals surface area contributed by atoms with Gasteiger partial charge in [0.15, 0.2) is 0 Å². The van der Waals surface area contributed by atoms with Crippen LogP contribution in [0.25, 0.3) is 0 Å². The van der Waals surface area contributed by atoms with Gasteiger partial charge in [0.1, 0.15) is 0 Å². The highest BCUT2D eigenvalue weighted by Crippen LogP contribution is 2.07. The molecule has 0 radical (unpaired) electrons. The maximum absolute atomic E-state index is 8.41. The molecule has 0 aromatic rings. The second-order valence-corrected chi connectivity index (χ2v) is 3.01. The van der Waals surface area contributed by atoms with Crippen molar-refractivity contribution in [2.45, 2.75) is 19.8 Å². The van der Waals surface area contributed by atoms with Gasteiger partial charge in [0.2, 0.25) is 0 Å². The molecule has 0 aliphatic heterocycles. The molecule has 2 heteroatoms. The minimum absolute atomic E-state index is 0.348. The van der Waals surface area contributed by atoms with E-state index < -0.39 is 0 Å². The van der Waals surface area contributed by atoms with Crippen molar-refractivity contribution in [2.75, 3.05) is 11.0 Å². The first-order valence-corrected chi connectivity index (χ1v) is 4.50. The fraction of sp³-hybridized carbons (Fsp3) is 1.00. The van der Waals surface area contributed by atoms with Crippen molar-refractivity contribution >= 4 is 22.6 Å². The van der Waals surface area contributed by atoms with Crippen molar-refractivity contribution in [2.24, 2.45) is 5.92 Å². The summed E-state index contributed by atoms with van der Waals surface area (Å²) in [5.41, 5.74) is 0. The average Bonchev–Trinajstić information content (AvgIpc) is 1.83. The summed E-state index contributed by atoms with van der Waals surface area (Å²) in [5, 5.41) is 8.41. The minimum Gasteiger partial charge on any atom is -0.396 e. The smallest absolute Gasteiger partial charge is 0.0431 e. The lowest BCUT2D eigenvalue weighted by molar-refractivity contribution is 0.277. The molecule has 0 amide bonds. The molecule has 0 aromatic heterocycles. The summed E-state index contributed by atoms with van der Waals surface area (Å²) in [6.45, 7) is 2.56. The van der Waals surface area contributed by atoms with Crippen molar-refractivity contribution in [3.05, 3.63) is 0 Å². The van der Waals surface area contributed by atoms with Gasteiger partial charge in [-0.1, -0.05) is 29.5 Å². The van der Waals surface area contributed by atoms with Crippen molar-refractivity contribution in [1.82, 2.24) is 0 Å². The molecule has 0 aromatic carbocycles. The molecule has 0 heterocycles. The Morgan fingerprint density at radius 1 is 1.62 bits per heavy atom. The van der Waals surface area contributed by atoms with Crippen LogP contribution in [0.3, 0.4) is 0 Å². The van der Waals surface area contributed by atoms with E-state index in [9.17, 15) is 0 Å². The maximum atomic E-state index is 8.41. The third kappa shape index (κ3) is 4.84. The summed E-state index contributed by atoms with van der Waals surface area (Å²) in [7, 11) is 0. The van der Waals surface area contributed by atoms with Crippen LogP contribution in [0.1, 0.15) is 19.8 Å². The van der Waals surface area contributed by atoms with Gasteiger partial charge >= 0.3 is 0 Å². The third-order valence-electron chi connectivity index (χ3n) is 1.12. The number of aliphatic hydroxyl groups excluding tert-OH is 1. The Balaban J connectivity index is 2.86. The first-order valence-electron chi connectivity index (χ1n) is 2.98. The number of aliphatic hydroxyl groups is 1. The molecule has 1 nitrogen and oxygen atoms in total. The van der Waals surface area contributed by atoms with E-state index >= 15 is 0 Å². The van der Waals surface area contributed by atoms with Gasteiger partial charge in [0.05, 0.1) is 0 Å². The first-order chi connectivity index (χ1) is 3.81. The second-order valence-electron chi connectivity index (χ2n) is 2.13. The number of alkyl halides is 1. The maximum Gasteiger partial charge on any atom is 0.0431 e. The van der Waals surface area contributed by atoms with Gasteiger partial charge in [-0.3, -0.25) is 0 Å². The van der Waals surface area contributed by atoms with Crippen LogP contribution in [0.15, 0.2) is 0 Å². The van der Waals surface area contributed by atoms with Crippen molar-refractivity contribution < 1.29 is 5.11 Å². The van der Waals surface area contributed by atoms with E-state index in [4.69, 9.17) is 5.11 Å². The fourth-order valence-electron chi connectivity index (χ4n) is 0.517. The monoisotopic (exact) mass is 228 g/mol. The van der Waals surface area contributed by atoms with Gasteiger partial charge in [0, 0.05) is 11.0 Å². The van der Waals surface area contributed by atoms with Crippen molar-refractivity contribution in [3.8, 4) is 0 Å². The molecule has 1 N–H and O–H groups in total. The zero-order valence-electron chi connectivity index (χ0n) is 5.23. The molecule has 0 rings (SSSR count). The molecule has 0 aliphatic rings. The quantitative estimate of drug-likeness (QED) is 0.574. The number of hydrogen-bond donors (Lipinski definition) is 1. The van der Waals surface area contributed by atoms with E-state index in [0.29, 0.717) is 6.61 Å². The minimum atomic E-state index is 0.348. The Bertz CT molecular complexity index is 47.8. The molecule has 0 aliphatic carbocycles. The molecular weight excluding hydrogens is 215 g/mol. The van der Waals surface area contributed by atoms with Crippen LogP contribution in [-0.2, 0) is 0 Å². The highest BCUT2D eigenvalue weighted by molar-refractivity contribution is 14.1. The van der Waals surface area contributed by atoms with Crippen LogP contribution < -0.4 is 0 Å². The van der Waals surface area contributed by atoms with Crippen LogP contribution >= 0.6 is 22.6 Å². The molecule has 0 saturated carbocycles. The van der Waals surface area contributed by atoms with E-state index in [0.717, 1.165) is 12.3 Å². The lowest BCUT2D eigenvalue weighted by Crippen LogP contribution is -1.96. The molecule has 0 saturated heterocycles. The summed E-state index contributed by atoms with van der Waals surface area (Å²) >= 11 is 2.37. The summed E-state index contributed by atoms with van der Waals surface area (Å²) in [6, 6.07) is 0. The highest BCUT2D eigenvalue weighted by atomic mass is 127. The van der Waals surface area contributed by atoms with Gasteiger partial charge in [-0.2, -0.15) is 0 Å². The Kier molecular flexibility index (Phi) is 6.32. The van der Waals surface area contributed by atoms with E-state index in [2.05, 4.69) is 29.5 Å². The first kappa shape index (κ1) is 8.69. The fourth-order valence-corrected chi connectivity index (χ4v) is 0.957. The van der Waals surface area contributed by atoms with E-state index in [1.54, 1.807) is 0 Å². The molecule has 0 spiro atoms. The van der Waals surface area contributed by atoms with Crippen LogP contribution in [0.5, 0.6) is 0 Å². The molecule has 0 bridgehead atoms. The zero-order valence-corrected chi connectivity index (χ0v) is 7.39. The Morgan fingerprint density at radius 3 is 2.62 bits per heavy atom. The number of rotatable bonds is 4. The van der Waals surface area contributed by atoms with Crippen molar-refractivity contribution in [3.63, 3.8) is 0 Å². The summed E-state index contributed by atoms with van der Waals surface area (Å²) in [6.07, 6.45) is 2.13. The predicted octanol–water partition coefficient (Wildman–Crippen LogP) is 1.83. The molecule has 50 valence electrons. The number of hydrogen-bond acceptors (Lipinski definition) is 1. The predicted molar refractivity (Wildman–Crippen MR) is 44.4 cm³/mol. The highest BCUT2D eigenvalue weighted by Gasteiger charge is 1.96. The lowest BCUT2D eigenvalue weighted by Gasteiger charge is -2.03. The number of halogens is 1. The topological polar surface area (TPSA) is 20.2 Å². The lowest BCUT2D eigenvalue weighted by atomic mass is 10.1. The molecule has 8 heavy (non-hydrogen) atoms. The summed E-state index contributed by atoms with van der Waals surface area (Å²) < 4.78 is 1.21. The third-order valence-corrected chi connectivity index (χ3v) is 2.62. The van der Waals surface area contributed by atoms with Gasteiger partial charge in [-0.05, 0) is 18.8 Å². The Hall–Kier alpha value is 0.690. The van der Waals surface area contributed by atoms with Gasteiger partial charge in [0.25, 0.3) is 0 Å². The van der Waals surface area contributed by atoms with Gasteiger partial charge in [-0.15, -0.1) is 0 Å². The SMILES string of the molecule is C[C@@H](CI)CCCO. The van der Waals surface area contributed by atoms with Crippen LogP contribution in [-0.4, -0.2) is 16.1 Å². The van der Waals surface area contributed by atoms with E-state index in [1.165, 1.54) is 10.8 Å². The van der Waals surface area contributed by atoms with E-state index in [-0.39, 0.29) is 0 Å². The average molecular weight is 228 g/mol. The second kappa shape index (κ2) is 5.82.